The first-order chi connectivity index (χ1) is 7.66. The van der Waals surface area contributed by atoms with Gasteiger partial charge in [0.05, 0.1) is 16.9 Å². The quantitative estimate of drug-likeness (QED) is 0.728. The molecule has 8 heteroatoms. The van der Waals surface area contributed by atoms with Gasteiger partial charge in [0.2, 0.25) is 0 Å². The summed E-state index contributed by atoms with van der Waals surface area (Å²) in [5.74, 6) is -0.391. The van der Waals surface area contributed by atoms with Crippen LogP contribution in [0.3, 0.4) is 0 Å². The number of amides is 1. The summed E-state index contributed by atoms with van der Waals surface area (Å²) in [5, 5.41) is 13.0. The normalized spacial score (nSPS) is 9.53. The Bertz CT molecular complexity index is 523. The predicted molar refractivity (Wildman–Crippen MR) is 61.9 cm³/mol. The number of nitrogens with zero attached hydrogens (tertiary/aromatic N) is 2. The van der Waals surface area contributed by atoms with Gasteiger partial charge in [-0.3, -0.25) is 4.79 Å². The van der Waals surface area contributed by atoms with E-state index in [1.54, 1.807) is 18.2 Å². The maximum Gasteiger partial charge on any atom is 1.00 e. The Morgan fingerprint density at radius 2 is 2.18 bits per heavy atom. The molecular formula is C9H7Cl2N4NaO. The van der Waals surface area contributed by atoms with Crippen LogP contribution < -0.4 is 34.9 Å². The number of anilines is 1. The minimum atomic E-state index is -0.391. The maximum absolute atomic E-state index is 11.6. The van der Waals surface area contributed by atoms with E-state index in [1.807, 2.05) is 0 Å². The fourth-order valence-electron chi connectivity index (χ4n) is 1.09. The van der Waals surface area contributed by atoms with Crippen molar-refractivity contribution in [3.8, 4) is 0 Å². The number of H-pyrrole nitrogens is 1. The molecule has 1 heterocycles. The van der Waals surface area contributed by atoms with Gasteiger partial charge in [-0.25, -0.2) is 0 Å². The van der Waals surface area contributed by atoms with Crippen LogP contribution >= 0.6 is 23.2 Å². The van der Waals surface area contributed by atoms with Gasteiger partial charge in [0.25, 0.3) is 5.91 Å². The van der Waals surface area contributed by atoms with Crippen molar-refractivity contribution in [3.63, 3.8) is 0 Å². The van der Waals surface area contributed by atoms with E-state index in [-0.39, 0.29) is 36.7 Å². The molecule has 1 aromatic heterocycles. The molecule has 0 fully saturated rings. The summed E-state index contributed by atoms with van der Waals surface area (Å²) in [4.78, 5) is 11.6. The van der Waals surface area contributed by atoms with Crippen molar-refractivity contribution in [1.82, 2.24) is 15.4 Å². The predicted octanol–water partition coefficient (Wildman–Crippen LogP) is -0.520. The molecule has 0 saturated heterocycles. The smallest absolute Gasteiger partial charge is 1.00 e. The summed E-state index contributed by atoms with van der Waals surface area (Å²) >= 11 is 11.6. The SMILES string of the molecule is O=C(Nc1ccc(Cl)cc1Cl)c1cn[nH]n1.[H-].[Na+]. The van der Waals surface area contributed by atoms with Gasteiger partial charge in [0.15, 0.2) is 5.69 Å². The van der Waals surface area contributed by atoms with Gasteiger partial charge in [-0.05, 0) is 18.2 Å². The van der Waals surface area contributed by atoms with Gasteiger partial charge in [-0.2, -0.15) is 15.4 Å². The molecule has 1 aromatic carbocycles. The molecular weight excluding hydrogens is 274 g/mol. The molecule has 5 nitrogen and oxygen atoms in total. The van der Waals surface area contributed by atoms with Crippen molar-refractivity contribution in [2.45, 2.75) is 0 Å². The molecule has 0 aliphatic heterocycles. The summed E-state index contributed by atoms with van der Waals surface area (Å²) in [7, 11) is 0. The zero-order valence-electron chi connectivity index (χ0n) is 9.87. The number of nitrogens with one attached hydrogen (secondary N) is 2. The number of carbonyl (C=O) groups excluding carboxylic acids is 1. The van der Waals surface area contributed by atoms with Crippen molar-refractivity contribution in [3.05, 3.63) is 40.1 Å². The van der Waals surface area contributed by atoms with Gasteiger partial charge >= 0.3 is 29.6 Å². The fraction of sp³-hybridized carbons (Fsp3) is 0. The summed E-state index contributed by atoms with van der Waals surface area (Å²) in [5.41, 5.74) is 0.657. The van der Waals surface area contributed by atoms with Crippen LogP contribution in [0.5, 0.6) is 0 Å². The Hall–Kier alpha value is -0.590. The third-order valence-corrected chi connectivity index (χ3v) is 2.37. The number of halogens is 2. The number of rotatable bonds is 2. The molecule has 0 spiro atoms. The Balaban J connectivity index is 0.00000144. The molecule has 2 N–H and O–H groups in total. The van der Waals surface area contributed by atoms with E-state index in [9.17, 15) is 4.79 Å². The summed E-state index contributed by atoms with van der Waals surface area (Å²) in [6.07, 6.45) is 1.32. The third kappa shape index (κ3) is 3.69. The first kappa shape index (κ1) is 14.5. The average Bonchev–Trinajstić information content (AvgIpc) is 2.75. The van der Waals surface area contributed by atoms with Crippen LogP contribution in [0.15, 0.2) is 24.4 Å². The minimum Gasteiger partial charge on any atom is -1.00 e. The van der Waals surface area contributed by atoms with Crippen LogP contribution in [0, 0.1) is 0 Å². The molecule has 0 bridgehead atoms. The molecule has 0 atom stereocenters. The van der Waals surface area contributed by atoms with Crippen molar-refractivity contribution >= 4 is 34.8 Å². The Labute approximate surface area is 131 Å². The Kier molecular flexibility index (Phi) is 5.42. The van der Waals surface area contributed by atoms with Gasteiger partial charge in [0, 0.05) is 5.02 Å². The number of benzene rings is 1. The summed E-state index contributed by atoms with van der Waals surface area (Å²) in [6, 6.07) is 4.79. The molecule has 0 aliphatic carbocycles. The van der Waals surface area contributed by atoms with Gasteiger partial charge < -0.3 is 6.74 Å². The Morgan fingerprint density at radius 1 is 1.41 bits per heavy atom. The van der Waals surface area contributed by atoms with Crippen LogP contribution in [0.25, 0.3) is 0 Å². The zero-order chi connectivity index (χ0) is 11.5. The third-order valence-electron chi connectivity index (χ3n) is 1.83. The second-order valence-corrected chi connectivity index (χ2v) is 3.78. The summed E-state index contributed by atoms with van der Waals surface area (Å²) < 4.78 is 0. The number of hydrogen-bond acceptors (Lipinski definition) is 3. The average molecular weight is 281 g/mol. The number of aromatic amines is 1. The monoisotopic (exact) mass is 280 g/mol. The van der Waals surface area contributed by atoms with E-state index in [4.69, 9.17) is 23.2 Å². The first-order valence-corrected chi connectivity index (χ1v) is 5.04. The second kappa shape index (κ2) is 6.37. The van der Waals surface area contributed by atoms with Crippen LogP contribution in [0.2, 0.25) is 10.0 Å². The van der Waals surface area contributed by atoms with Gasteiger partial charge in [-0.15, -0.1) is 0 Å². The first-order valence-electron chi connectivity index (χ1n) is 4.29. The molecule has 0 saturated carbocycles. The number of carbonyl (C=O) groups is 1. The van der Waals surface area contributed by atoms with Crippen molar-refractivity contribution in [2.75, 3.05) is 5.32 Å². The van der Waals surface area contributed by atoms with Gasteiger partial charge in [0.1, 0.15) is 0 Å². The Morgan fingerprint density at radius 3 is 2.76 bits per heavy atom. The van der Waals surface area contributed by atoms with Crippen molar-refractivity contribution in [1.29, 1.82) is 0 Å². The zero-order valence-corrected chi connectivity index (χ0v) is 12.4. The van der Waals surface area contributed by atoms with Crippen LogP contribution in [-0.2, 0) is 0 Å². The van der Waals surface area contributed by atoms with E-state index < -0.39 is 5.91 Å². The van der Waals surface area contributed by atoms with Gasteiger partial charge in [-0.1, -0.05) is 23.2 Å². The molecule has 0 aliphatic rings. The number of aromatic nitrogens is 3. The van der Waals surface area contributed by atoms with E-state index in [0.29, 0.717) is 15.7 Å². The number of hydrogen-bond donors (Lipinski definition) is 2. The van der Waals surface area contributed by atoms with Crippen molar-refractivity contribution < 1.29 is 35.8 Å². The summed E-state index contributed by atoms with van der Waals surface area (Å²) in [6.45, 7) is 0. The van der Waals surface area contributed by atoms with Crippen molar-refractivity contribution in [2.24, 2.45) is 0 Å². The maximum atomic E-state index is 11.6. The van der Waals surface area contributed by atoms with Crippen LogP contribution in [0.4, 0.5) is 5.69 Å². The van der Waals surface area contributed by atoms with Crippen LogP contribution in [-0.4, -0.2) is 21.3 Å². The fourth-order valence-corrected chi connectivity index (χ4v) is 1.54. The molecule has 1 amide bonds. The van der Waals surface area contributed by atoms with E-state index in [2.05, 4.69) is 20.7 Å². The molecule has 0 unspecified atom stereocenters. The van der Waals surface area contributed by atoms with E-state index in [1.165, 1.54) is 6.20 Å². The van der Waals surface area contributed by atoms with E-state index >= 15 is 0 Å². The molecule has 84 valence electrons. The largest absolute Gasteiger partial charge is 1.00 e. The molecule has 0 radical (unpaired) electrons. The minimum absolute atomic E-state index is 0. The molecule has 2 rings (SSSR count). The standard InChI is InChI=1S/C9H6Cl2N4O.Na.H/c10-5-1-2-7(6(11)3-5)13-9(16)8-4-12-15-14-8;;/h1-4H,(H,13,16)(H,12,14,15);;/q;+1;-1. The van der Waals surface area contributed by atoms with E-state index in [0.717, 1.165) is 0 Å². The topological polar surface area (TPSA) is 70.7 Å². The molecule has 2 aromatic rings. The second-order valence-electron chi connectivity index (χ2n) is 2.93. The van der Waals surface area contributed by atoms with Crippen LogP contribution in [0.1, 0.15) is 11.9 Å². The molecule has 17 heavy (non-hydrogen) atoms.